The van der Waals surface area contributed by atoms with Gasteiger partial charge in [-0.15, -0.1) is 0 Å². The van der Waals surface area contributed by atoms with E-state index in [2.05, 4.69) is 25.1 Å². The Hall–Kier alpha value is -1.97. The molecule has 1 aliphatic rings. The highest BCUT2D eigenvalue weighted by Gasteiger charge is 2.29. The molecule has 0 aliphatic carbocycles. The molecule has 0 unspecified atom stereocenters. The van der Waals surface area contributed by atoms with Crippen molar-refractivity contribution in [1.82, 2.24) is 5.16 Å². The number of nitrogen functional groups attached to an aromatic ring is 1. The van der Waals surface area contributed by atoms with Crippen LogP contribution in [0, 0.1) is 0 Å². The summed E-state index contributed by atoms with van der Waals surface area (Å²) < 4.78 is 11.0. The lowest BCUT2D eigenvalue weighted by Gasteiger charge is -2.33. The number of aryl methyl sites for hydroxylation is 1. The number of ether oxygens (including phenoxy) is 1. The number of nitrogens with two attached hydrogens (primary N) is 1. The van der Waals surface area contributed by atoms with Gasteiger partial charge in [0.1, 0.15) is 11.4 Å². The highest BCUT2D eigenvalue weighted by atomic mass is 16.5. The minimum Gasteiger partial charge on any atom is -0.487 e. The van der Waals surface area contributed by atoms with Crippen LogP contribution in [0.5, 0.6) is 5.75 Å². The zero-order valence-corrected chi connectivity index (χ0v) is 10.6. The Morgan fingerprint density at radius 2 is 2.11 bits per heavy atom. The maximum Gasteiger partial charge on any atom is 0.230 e. The van der Waals surface area contributed by atoms with Gasteiger partial charge in [-0.05, 0) is 32.3 Å². The molecule has 4 heteroatoms. The van der Waals surface area contributed by atoms with Gasteiger partial charge in [-0.25, -0.2) is 0 Å². The number of benzene rings is 1. The minimum absolute atomic E-state index is 0.144. The number of anilines is 1. The summed E-state index contributed by atoms with van der Waals surface area (Å²) in [6.07, 6.45) is 3.67. The predicted octanol–water partition coefficient (Wildman–Crippen LogP) is 3.03. The number of rotatable bonds is 1. The number of fused-ring (bicyclic) bond motifs is 1. The molecule has 0 amide bonds. The van der Waals surface area contributed by atoms with E-state index < -0.39 is 0 Å². The van der Waals surface area contributed by atoms with Crippen molar-refractivity contribution >= 4 is 5.88 Å². The molecule has 0 spiro atoms. The van der Waals surface area contributed by atoms with Gasteiger partial charge < -0.3 is 15.0 Å². The van der Waals surface area contributed by atoms with Gasteiger partial charge in [0.2, 0.25) is 5.88 Å². The minimum atomic E-state index is -0.144. The normalized spacial score (nSPS) is 17.0. The van der Waals surface area contributed by atoms with E-state index in [1.54, 1.807) is 6.20 Å². The van der Waals surface area contributed by atoms with Crippen LogP contribution in [-0.2, 0) is 6.42 Å². The molecule has 4 nitrogen and oxygen atoms in total. The van der Waals surface area contributed by atoms with E-state index in [0.717, 1.165) is 29.7 Å². The van der Waals surface area contributed by atoms with Gasteiger partial charge in [0.15, 0.2) is 0 Å². The summed E-state index contributed by atoms with van der Waals surface area (Å²) in [6, 6.07) is 6.10. The first-order chi connectivity index (χ1) is 8.57. The highest BCUT2D eigenvalue weighted by molar-refractivity contribution is 5.78. The molecule has 0 fully saturated rings. The van der Waals surface area contributed by atoms with Crippen LogP contribution in [0.3, 0.4) is 0 Å². The molecule has 2 heterocycles. The molecule has 0 bridgehead atoms. The molecule has 0 atom stereocenters. The largest absolute Gasteiger partial charge is 0.487 e. The van der Waals surface area contributed by atoms with Gasteiger partial charge in [-0.3, -0.25) is 0 Å². The third kappa shape index (κ3) is 1.74. The number of aromatic nitrogens is 1. The molecule has 1 aliphatic heterocycles. The lowest BCUT2D eigenvalue weighted by molar-refractivity contribution is 0.0855. The van der Waals surface area contributed by atoms with Gasteiger partial charge >= 0.3 is 0 Å². The first-order valence-corrected chi connectivity index (χ1v) is 6.08. The molecule has 2 aromatic rings. The van der Waals surface area contributed by atoms with Crippen LogP contribution in [0.25, 0.3) is 11.1 Å². The number of nitrogens with zero attached hydrogens (tertiary/aromatic N) is 1. The summed E-state index contributed by atoms with van der Waals surface area (Å²) in [5.41, 5.74) is 8.61. The van der Waals surface area contributed by atoms with E-state index in [1.165, 1.54) is 5.56 Å². The van der Waals surface area contributed by atoms with Crippen molar-refractivity contribution in [2.75, 3.05) is 5.73 Å². The zero-order chi connectivity index (χ0) is 12.8. The Kier molecular flexibility index (Phi) is 2.33. The predicted molar refractivity (Wildman–Crippen MR) is 69.4 cm³/mol. The Morgan fingerprint density at radius 1 is 1.28 bits per heavy atom. The lowest BCUT2D eigenvalue weighted by atomic mass is 9.91. The summed E-state index contributed by atoms with van der Waals surface area (Å²) in [5.74, 6) is 1.24. The van der Waals surface area contributed by atoms with Crippen molar-refractivity contribution in [1.29, 1.82) is 0 Å². The van der Waals surface area contributed by atoms with E-state index in [4.69, 9.17) is 15.0 Å². The van der Waals surface area contributed by atoms with Crippen molar-refractivity contribution in [3.63, 3.8) is 0 Å². The van der Waals surface area contributed by atoms with E-state index in [9.17, 15) is 0 Å². The maximum absolute atomic E-state index is 6.10. The molecule has 0 saturated carbocycles. The molecule has 94 valence electrons. The summed E-state index contributed by atoms with van der Waals surface area (Å²) in [5, 5.41) is 3.73. The number of para-hydroxylation sites is 1. The van der Waals surface area contributed by atoms with Crippen molar-refractivity contribution < 1.29 is 9.26 Å². The van der Waals surface area contributed by atoms with Crippen LogP contribution in [-0.4, -0.2) is 10.8 Å². The number of hydrogen-bond acceptors (Lipinski definition) is 4. The van der Waals surface area contributed by atoms with Crippen LogP contribution in [0.2, 0.25) is 0 Å². The van der Waals surface area contributed by atoms with Crippen LogP contribution in [0.15, 0.2) is 28.9 Å². The fourth-order valence-electron chi connectivity index (χ4n) is 2.33. The first kappa shape index (κ1) is 11.1. The van der Waals surface area contributed by atoms with Crippen molar-refractivity contribution in [2.45, 2.75) is 32.3 Å². The Labute approximate surface area is 106 Å². The summed E-state index contributed by atoms with van der Waals surface area (Å²) in [7, 11) is 0. The monoisotopic (exact) mass is 244 g/mol. The van der Waals surface area contributed by atoms with Gasteiger partial charge in [0.05, 0.1) is 11.8 Å². The lowest BCUT2D eigenvalue weighted by Crippen LogP contribution is -2.32. The zero-order valence-electron chi connectivity index (χ0n) is 10.6. The van der Waals surface area contributed by atoms with E-state index in [1.807, 2.05) is 12.1 Å². The fraction of sp³-hybridized carbons (Fsp3) is 0.357. The van der Waals surface area contributed by atoms with Crippen molar-refractivity contribution in [3.05, 3.63) is 30.0 Å². The summed E-state index contributed by atoms with van der Waals surface area (Å²) in [6.45, 7) is 4.20. The summed E-state index contributed by atoms with van der Waals surface area (Å²) >= 11 is 0. The molecule has 18 heavy (non-hydrogen) atoms. The van der Waals surface area contributed by atoms with Crippen molar-refractivity contribution in [3.8, 4) is 16.9 Å². The quantitative estimate of drug-likeness (QED) is 0.837. The number of hydrogen-bond donors (Lipinski definition) is 1. The van der Waals surface area contributed by atoms with Crippen LogP contribution in [0.1, 0.15) is 25.8 Å². The Morgan fingerprint density at radius 3 is 2.83 bits per heavy atom. The molecule has 1 aromatic heterocycles. The van der Waals surface area contributed by atoms with Gasteiger partial charge in [0, 0.05) is 5.56 Å². The van der Waals surface area contributed by atoms with Gasteiger partial charge in [0.25, 0.3) is 0 Å². The fourth-order valence-corrected chi connectivity index (χ4v) is 2.33. The third-order valence-corrected chi connectivity index (χ3v) is 3.36. The third-order valence-electron chi connectivity index (χ3n) is 3.36. The van der Waals surface area contributed by atoms with E-state index >= 15 is 0 Å². The first-order valence-electron chi connectivity index (χ1n) is 6.08. The standard InChI is InChI=1S/C14H16N2O2/c1-14(2)7-6-9-4-3-5-10(12(9)17-14)11-8-16-18-13(11)15/h3-5,8H,6-7,15H2,1-2H3. The second kappa shape index (κ2) is 3.77. The molecule has 3 rings (SSSR count). The van der Waals surface area contributed by atoms with Crippen molar-refractivity contribution in [2.24, 2.45) is 0 Å². The van der Waals surface area contributed by atoms with E-state index in [0.29, 0.717) is 5.88 Å². The highest BCUT2D eigenvalue weighted by Crippen LogP contribution is 2.42. The average molecular weight is 244 g/mol. The molecular formula is C14H16N2O2. The summed E-state index contributed by atoms with van der Waals surface area (Å²) in [4.78, 5) is 0. The Bertz CT molecular complexity index is 587. The van der Waals surface area contributed by atoms with Crippen LogP contribution < -0.4 is 10.5 Å². The molecule has 0 saturated heterocycles. The van der Waals surface area contributed by atoms with E-state index in [-0.39, 0.29) is 5.60 Å². The maximum atomic E-state index is 6.10. The van der Waals surface area contributed by atoms with Gasteiger partial charge in [-0.2, -0.15) is 0 Å². The second-order valence-electron chi connectivity index (χ2n) is 5.26. The second-order valence-corrected chi connectivity index (χ2v) is 5.26. The molecular weight excluding hydrogens is 228 g/mol. The SMILES string of the molecule is CC1(C)CCc2cccc(-c3cnoc3N)c2O1. The van der Waals surface area contributed by atoms with Crippen LogP contribution >= 0.6 is 0 Å². The van der Waals surface area contributed by atoms with Crippen LogP contribution in [0.4, 0.5) is 5.88 Å². The molecule has 1 aromatic carbocycles. The topological polar surface area (TPSA) is 61.3 Å². The van der Waals surface area contributed by atoms with Gasteiger partial charge in [-0.1, -0.05) is 23.4 Å². The molecule has 2 N–H and O–H groups in total. The average Bonchev–Trinajstić information content (AvgIpc) is 2.73. The molecule has 0 radical (unpaired) electrons. The smallest absolute Gasteiger partial charge is 0.230 e. The Balaban J connectivity index is 2.15.